The van der Waals surface area contributed by atoms with Gasteiger partial charge in [0.15, 0.2) is 6.29 Å². The van der Waals surface area contributed by atoms with Crippen LogP contribution in [0.1, 0.15) is 47.3 Å². The Morgan fingerprint density at radius 2 is 2.00 bits per heavy atom. The Bertz CT molecular complexity index is 701. The van der Waals surface area contributed by atoms with E-state index in [-0.39, 0.29) is 0 Å². The number of rotatable bonds is 4. The minimum atomic E-state index is 0.336. The second kappa shape index (κ2) is 5.30. The molecule has 1 fully saturated rings. The zero-order chi connectivity index (χ0) is 15.1. The van der Waals surface area contributed by atoms with E-state index < -0.39 is 0 Å². The molecule has 1 unspecified atom stereocenters. The van der Waals surface area contributed by atoms with Gasteiger partial charge in [0.2, 0.25) is 0 Å². The highest BCUT2D eigenvalue weighted by atomic mass is 35.5. The standard InChI is InChI=1S/C17H19ClN2O/c1-10-6-15(16(18)7-11(10)2)17-14(9-21)8-20(19-17)12(3)13-4-5-13/h6-9,12-13H,4-5H2,1-3H3. The summed E-state index contributed by atoms with van der Waals surface area (Å²) >= 11 is 6.36. The van der Waals surface area contributed by atoms with Gasteiger partial charge in [-0.2, -0.15) is 5.10 Å². The van der Waals surface area contributed by atoms with Crippen LogP contribution >= 0.6 is 11.6 Å². The van der Waals surface area contributed by atoms with E-state index >= 15 is 0 Å². The van der Waals surface area contributed by atoms with Gasteiger partial charge in [0.05, 0.1) is 16.6 Å². The molecular formula is C17H19ClN2O. The minimum absolute atomic E-state index is 0.336. The van der Waals surface area contributed by atoms with Gasteiger partial charge in [-0.25, -0.2) is 0 Å². The number of benzene rings is 1. The maximum absolute atomic E-state index is 11.4. The lowest BCUT2D eigenvalue weighted by atomic mass is 10.0. The second-order valence-corrected chi connectivity index (χ2v) is 6.43. The molecule has 1 aromatic carbocycles. The first-order valence-corrected chi connectivity index (χ1v) is 7.70. The fourth-order valence-corrected chi connectivity index (χ4v) is 2.97. The predicted octanol–water partition coefficient (Wildman–Crippen LogP) is 4.60. The number of hydrogen-bond acceptors (Lipinski definition) is 2. The van der Waals surface area contributed by atoms with Crippen molar-refractivity contribution in [3.8, 4) is 11.3 Å². The quantitative estimate of drug-likeness (QED) is 0.773. The number of halogens is 1. The highest BCUT2D eigenvalue weighted by Crippen LogP contribution is 2.40. The van der Waals surface area contributed by atoms with Gasteiger partial charge in [0.1, 0.15) is 5.69 Å². The normalized spacial score (nSPS) is 16.0. The van der Waals surface area contributed by atoms with Crippen molar-refractivity contribution in [2.75, 3.05) is 0 Å². The van der Waals surface area contributed by atoms with Crippen LogP contribution in [0.5, 0.6) is 0 Å². The van der Waals surface area contributed by atoms with Crippen LogP contribution < -0.4 is 0 Å². The number of aryl methyl sites for hydroxylation is 2. The minimum Gasteiger partial charge on any atom is -0.298 e. The molecule has 0 saturated heterocycles. The lowest BCUT2D eigenvalue weighted by Gasteiger charge is -2.10. The molecule has 0 radical (unpaired) electrons. The molecule has 0 spiro atoms. The van der Waals surface area contributed by atoms with Crippen molar-refractivity contribution >= 4 is 17.9 Å². The van der Waals surface area contributed by atoms with Crippen LogP contribution in [-0.4, -0.2) is 16.1 Å². The number of aromatic nitrogens is 2. The Kier molecular flexibility index (Phi) is 3.62. The summed E-state index contributed by atoms with van der Waals surface area (Å²) in [6.07, 6.45) is 5.20. The summed E-state index contributed by atoms with van der Waals surface area (Å²) in [6.45, 7) is 6.23. The molecule has 1 aromatic heterocycles. The van der Waals surface area contributed by atoms with Gasteiger partial charge in [-0.3, -0.25) is 9.48 Å². The molecule has 2 aromatic rings. The third kappa shape index (κ3) is 2.62. The number of hydrogen-bond donors (Lipinski definition) is 0. The molecule has 1 aliphatic rings. The van der Waals surface area contributed by atoms with E-state index in [4.69, 9.17) is 11.6 Å². The summed E-state index contributed by atoms with van der Waals surface area (Å²) in [4.78, 5) is 11.4. The van der Waals surface area contributed by atoms with Crippen LogP contribution in [0.25, 0.3) is 11.3 Å². The third-order valence-corrected chi connectivity index (χ3v) is 4.76. The Morgan fingerprint density at radius 1 is 1.33 bits per heavy atom. The van der Waals surface area contributed by atoms with Crippen molar-refractivity contribution in [2.45, 2.75) is 39.7 Å². The molecule has 3 nitrogen and oxygen atoms in total. The molecule has 21 heavy (non-hydrogen) atoms. The van der Waals surface area contributed by atoms with Crippen molar-refractivity contribution in [2.24, 2.45) is 5.92 Å². The van der Waals surface area contributed by atoms with Crippen molar-refractivity contribution in [1.29, 1.82) is 0 Å². The predicted molar refractivity (Wildman–Crippen MR) is 85.0 cm³/mol. The van der Waals surface area contributed by atoms with E-state index in [9.17, 15) is 4.79 Å². The summed E-state index contributed by atoms with van der Waals surface area (Å²) in [5.74, 6) is 0.687. The fourth-order valence-electron chi connectivity index (χ4n) is 2.67. The zero-order valence-electron chi connectivity index (χ0n) is 12.6. The smallest absolute Gasteiger partial charge is 0.153 e. The van der Waals surface area contributed by atoms with Crippen molar-refractivity contribution in [1.82, 2.24) is 9.78 Å². The first-order valence-electron chi connectivity index (χ1n) is 7.32. The molecule has 0 bridgehead atoms. The van der Waals surface area contributed by atoms with Crippen LogP contribution in [0.4, 0.5) is 0 Å². The largest absolute Gasteiger partial charge is 0.298 e. The highest BCUT2D eigenvalue weighted by Gasteiger charge is 2.30. The monoisotopic (exact) mass is 302 g/mol. The summed E-state index contributed by atoms with van der Waals surface area (Å²) in [7, 11) is 0. The molecule has 3 rings (SSSR count). The molecule has 110 valence electrons. The van der Waals surface area contributed by atoms with Gasteiger partial charge in [-0.1, -0.05) is 11.6 Å². The maximum atomic E-state index is 11.4. The van der Waals surface area contributed by atoms with Crippen LogP contribution in [-0.2, 0) is 0 Å². The van der Waals surface area contributed by atoms with Crippen molar-refractivity contribution in [3.05, 3.63) is 40.0 Å². The van der Waals surface area contributed by atoms with E-state index in [2.05, 4.69) is 12.0 Å². The second-order valence-electron chi connectivity index (χ2n) is 6.03. The Morgan fingerprint density at radius 3 is 2.62 bits per heavy atom. The number of nitrogens with zero attached hydrogens (tertiary/aromatic N) is 2. The third-order valence-electron chi connectivity index (χ3n) is 4.45. The van der Waals surface area contributed by atoms with Gasteiger partial charge in [0, 0.05) is 11.8 Å². The first-order chi connectivity index (χ1) is 10.0. The van der Waals surface area contributed by atoms with E-state index in [0.717, 1.165) is 23.0 Å². The van der Waals surface area contributed by atoms with E-state index in [1.54, 1.807) is 0 Å². The molecule has 1 atom stereocenters. The summed E-state index contributed by atoms with van der Waals surface area (Å²) in [6, 6.07) is 4.28. The average Bonchev–Trinajstić information content (AvgIpc) is 3.21. The maximum Gasteiger partial charge on any atom is 0.153 e. The van der Waals surface area contributed by atoms with Gasteiger partial charge in [-0.05, 0) is 62.8 Å². The topological polar surface area (TPSA) is 34.9 Å². The SMILES string of the molecule is Cc1cc(Cl)c(-c2nn(C(C)C3CC3)cc2C=O)cc1C. The van der Waals surface area contributed by atoms with Crippen LogP contribution in [0, 0.1) is 19.8 Å². The van der Waals surface area contributed by atoms with Gasteiger partial charge >= 0.3 is 0 Å². The first kappa shape index (κ1) is 14.3. The number of carbonyl (C=O) groups is 1. The lowest BCUT2D eigenvalue weighted by Crippen LogP contribution is -2.07. The lowest BCUT2D eigenvalue weighted by molar-refractivity contribution is 0.112. The number of aldehydes is 1. The average molecular weight is 303 g/mol. The molecule has 1 heterocycles. The Hall–Kier alpha value is -1.61. The summed E-state index contributed by atoms with van der Waals surface area (Å²) in [5, 5.41) is 5.29. The van der Waals surface area contributed by atoms with Crippen LogP contribution in [0.2, 0.25) is 5.02 Å². The molecule has 0 N–H and O–H groups in total. The van der Waals surface area contributed by atoms with Gasteiger partial charge in [-0.15, -0.1) is 0 Å². The molecule has 0 amide bonds. The molecule has 0 aliphatic heterocycles. The van der Waals surface area contributed by atoms with Crippen LogP contribution in [0.3, 0.4) is 0 Å². The Balaban J connectivity index is 2.09. The molecule has 4 heteroatoms. The summed E-state index contributed by atoms with van der Waals surface area (Å²) < 4.78 is 1.92. The zero-order valence-corrected chi connectivity index (χ0v) is 13.3. The van der Waals surface area contributed by atoms with E-state index in [0.29, 0.717) is 28.2 Å². The van der Waals surface area contributed by atoms with E-state index in [1.165, 1.54) is 12.8 Å². The van der Waals surface area contributed by atoms with E-state index in [1.807, 2.05) is 36.9 Å². The molecule has 1 saturated carbocycles. The Labute approximate surface area is 129 Å². The molecule has 1 aliphatic carbocycles. The number of carbonyl (C=O) groups excluding carboxylic acids is 1. The van der Waals surface area contributed by atoms with Crippen LogP contribution in [0.15, 0.2) is 18.3 Å². The molecular weight excluding hydrogens is 284 g/mol. The van der Waals surface area contributed by atoms with Crippen molar-refractivity contribution < 1.29 is 4.79 Å². The van der Waals surface area contributed by atoms with Gasteiger partial charge in [0.25, 0.3) is 0 Å². The van der Waals surface area contributed by atoms with Gasteiger partial charge < -0.3 is 0 Å². The highest BCUT2D eigenvalue weighted by molar-refractivity contribution is 6.33. The fraction of sp³-hybridized carbons (Fsp3) is 0.412. The summed E-state index contributed by atoms with van der Waals surface area (Å²) in [5.41, 5.74) is 4.42. The van der Waals surface area contributed by atoms with Crippen molar-refractivity contribution in [3.63, 3.8) is 0 Å².